The molecule has 1 amide bonds. The van der Waals surface area contributed by atoms with Crippen LogP contribution in [-0.4, -0.2) is 21.6 Å². The average molecular weight is 491 g/mol. The Bertz CT molecular complexity index is 1340. The van der Waals surface area contributed by atoms with Gasteiger partial charge in [-0.1, -0.05) is 42.5 Å². The average Bonchev–Trinajstić information content (AvgIpc) is 3.13. The van der Waals surface area contributed by atoms with Gasteiger partial charge < -0.3 is 19.7 Å². The second-order valence-corrected chi connectivity index (χ2v) is 7.92. The van der Waals surface area contributed by atoms with Crippen LogP contribution in [0.4, 0.5) is 0 Å². The number of carbonyl (C=O) groups excluding carboxylic acids is 1. The van der Waals surface area contributed by atoms with Gasteiger partial charge in [-0.15, -0.1) is 0 Å². The van der Waals surface area contributed by atoms with E-state index in [1.54, 1.807) is 41.9 Å². The van der Waals surface area contributed by atoms with Crippen LogP contribution in [0.15, 0.2) is 89.0 Å². The van der Waals surface area contributed by atoms with Crippen LogP contribution in [0, 0.1) is 0 Å². The number of carbonyl (C=O) groups is 2. The fourth-order valence-electron chi connectivity index (χ4n) is 3.30. The van der Waals surface area contributed by atoms with Crippen molar-refractivity contribution in [2.75, 3.05) is 0 Å². The molecule has 4 rings (SSSR count). The van der Waals surface area contributed by atoms with E-state index in [-0.39, 0.29) is 5.70 Å². The summed E-state index contributed by atoms with van der Waals surface area (Å²) in [5, 5.41) is 13.0. The first-order chi connectivity index (χ1) is 15.4. The molecule has 160 valence electrons. The maximum Gasteiger partial charge on any atom is 0.352 e. The summed E-state index contributed by atoms with van der Waals surface area (Å²) in [6, 6.07) is 23.7. The summed E-state index contributed by atoms with van der Waals surface area (Å²) in [5.74, 6) is -0.452. The zero-order chi connectivity index (χ0) is 22.7. The lowest BCUT2D eigenvalue weighted by molar-refractivity contribution is -0.132. The van der Waals surface area contributed by atoms with Crippen molar-refractivity contribution in [3.05, 3.63) is 100 Å². The maximum absolute atomic E-state index is 12.8. The van der Waals surface area contributed by atoms with E-state index in [4.69, 9.17) is 4.74 Å². The summed E-state index contributed by atoms with van der Waals surface area (Å²) < 4.78 is 8.39. The van der Waals surface area contributed by atoms with Crippen LogP contribution in [0.1, 0.15) is 16.1 Å². The minimum Gasteiger partial charge on any atom is -0.477 e. The molecule has 0 radical (unpaired) electrons. The van der Waals surface area contributed by atoms with Gasteiger partial charge in [0.05, 0.1) is 4.47 Å². The van der Waals surface area contributed by atoms with Gasteiger partial charge in [-0.05, 0) is 64.0 Å². The largest absolute Gasteiger partial charge is 0.477 e. The van der Waals surface area contributed by atoms with Crippen molar-refractivity contribution in [2.45, 2.75) is 0 Å². The number of nitrogens with one attached hydrogen (secondary N) is 1. The number of ether oxygens (including phenoxy) is 1. The first kappa shape index (κ1) is 21.4. The summed E-state index contributed by atoms with van der Waals surface area (Å²) in [5.41, 5.74) is 1.65. The van der Waals surface area contributed by atoms with Crippen LogP contribution >= 0.6 is 15.9 Å². The second-order valence-electron chi connectivity index (χ2n) is 7.07. The Kier molecular flexibility index (Phi) is 6.09. The van der Waals surface area contributed by atoms with Crippen molar-refractivity contribution < 1.29 is 19.4 Å². The number of aliphatic carboxylic acids is 1. The molecular formula is C25H19BrN2O4. The number of rotatable bonds is 6. The van der Waals surface area contributed by atoms with Gasteiger partial charge in [-0.25, -0.2) is 4.79 Å². The van der Waals surface area contributed by atoms with E-state index in [1.165, 1.54) is 6.08 Å². The van der Waals surface area contributed by atoms with Gasteiger partial charge in [0.1, 0.15) is 22.9 Å². The lowest BCUT2D eigenvalue weighted by Gasteiger charge is -2.09. The van der Waals surface area contributed by atoms with Crippen molar-refractivity contribution in [3.63, 3.8) is 0 Å². The van der Waals surface area contributed by atoms with Gasteiger partial charge in [0.15, 0.2) is 0 Å². The number of nitrogens with zero attached hydrogens (tertiary/aromatic N) is 1. The number of carboxylic acid groups (broad SMARTS) is 1. The van der Waals surface area contributed by atoms with E-state index < -0.39 is 11.9 Å². The number of fused-ring (bicyclic) bond motifs is 1. The minimum absolute atomic E-state index is 0.222. The molecule has 0 aliphatic rings. The number of amides is 1. The molecule has 3 aromatic carbocycles. The van der Waals surface area contributed by atoms with Gasteiger partial charge in [-0.2, -0.15) is 0 Å². The van der Waals surface area contributed by atoms with Crippen LogP contribution in [0.5, 0.6) is 11.5 Å². The van der Waals surface area contributed by atoms with Crippen LogP contribution < -0.4 is 10.1 Å². The molecule has 0 aliphatic carbocycles. The monoisotopic (exact) mass is 490 g/mol. The minimum atomic E-state index is -1.23. The zero-order valence-corrected chi connectivity index (χ0v) is 18.7. The molecule has 0 fully saturated rings. The fourth-order valence-corrected chi connectivity index (χ4v) is 3.66. The summed E-state index contributed by atoms with van der Waals surface area (Å²) >= 11 is 3.43. The van der Waals surface area contributed by atoms with E-state index in [2.05, 4.69) is 21.2 Å². The zero-order valence-electron chi connectivity index (χ0n) is 17.1. The molecule has 4 aromatic rings. The highest BCUT2D eigenvalue weighted by atomic mass is 79.9. The quantitative estimate of drug-likeness (QED) is 0.345. The molecule has 0 saturated carbocycles. The topological polar surface area (TPSA) is 80.6 Å². The van der Waals surface area contributed by atoms with Gasteiger partial charge >= 0.3 is 5.97 Å². The predicted molar refractivity (Wildman–Crippen MR) is 127 cm³/mol. The van der Waals surface area contributed by atoms with Crippen molar-refractivity contribution in [2.24, 2.45) is 7.05 Å². The highest BCUT2D eigenvalue weighted by Crippen LogP contribution is 2.29. The SMILES string of the molecule is Cn1c(C(=O)NC(=Cc2ccc(Oc3ccccc3Br)cc2)C(=O)O)cc2ccccc21. The van der Waals surface area contributed by atoms with Crippen molar-refractivity contribution in [1.29, 1.82) is 0 Å². The van der Waals surface area contributed by atoms with E-state index in [1.807, 2.05) is 48.5 Å². The van der Waals surface area contributed by atoms with Crippen LogP contribution in [0.3, 0.4) is 0 Å². The van der Waals surface area contributed by atoms with Gasteiger partial charge in [0, 0.05) is 18.0 Å². The smallest absolute Gasteiger partial charge is 0.352 e. The highest BCUT2D eigenvalue weighted by Gasteiger charge is 2.17. The summed E-state index contributed by atoms with van der Waals surface area (Å²) in [7, 11) is 1.77. The predicted octanol–water partition coefficient (Wildman–Crippen LogP) is 5.59. The van der Waals surface area contributed by atoms with Gasteiger partial charge in [0.25, 0.3) is 5.91 Å². The number of aryl methyl sites for hydroxylation is 1. The van der Waals surface area contributed by atoms with Crippen LogP contribution in [0.25, 0.3) is 17.0 Å². The molecule has 1 heterocycles. The van der Waals surface area contributed by atoms with E-state index in [9.17, 15) is 14.7 Å². The molecule has 6 nitrogen and oxygen atoms in total. The molecule has 0 aliphatic heterocycles. The third-order valence-electron chi connectivity index (χ3n) is 4.92. The number of halogens is 1. The Morgan fingerprint density at radius 3 is 2.38 bits per heavy atom. The molecule has 0 bridgehead atoms. The lowest BCUT2D eigenvalue weighted by Crippen LogP contribution is -2.28. The molecular weight excluding hydrogens is 472 g/mol. The van der Waals surface area contributed by atoms with E-state index in [0.29, 0.717) is 22.8 Å². The molecule has 7 heteroatoms. The molecule has 2 N–H and O–H groups in total. The Morgan fingerprint density at radius 2 is 1.69 bits per heavy atom. The molecule has 0 saturated heterocycles. The normalized spacial score (nSPS) is 11.4. The molecule has 0 spiro atoms. The molecule has 1 aromatic heterocycles. The highest BCUT2D eigenvalue weighted by molar-refractivity contribution is 9.10. The Morgan fingerprint density at radius 1 is 1.00 bits per heavy atom. The number of carboxylic acids is 1. The maximum atomic E-state index is 12.8. The Balaban J connectivity index is 1.54. The van der Waals surface area contributed by atoms with Crippen molar-refractivity contribution >= 4 is 44.8 Å². The number of benzene rings is 3. The first-order valence-corrected chi connectivity index (χ1v) is 10.5. The summed E-state index contributed by atoms with van der Waals surface area (Å²) in [4.78, 5) is 24.5. The van der Waals surface area contributed by atoms with Crippen molar-refractivity contribution in [3.8, 4) is 11.5 Å². The molecule has 32 heavy (non-hydrogen) atoms. The summed E-state index contributed by atoms with van der Waals surface area (Å²) in [6.07, 6.45) is 1.41. The van der Waals surface area contributed by atoms with Crippen molar-refractivity contribution in [1.82, 2.24) is 9.88 Å². The molecule has 0 unspecified atom stereocenters. The third kappa shape index (κ3) is 4.58. The van der Waals surface area contributed by atoms with Gasteiger partial charge in [-0.3, -0.25) is 4.79 Å². The van der Waals surface area contributed by atoms with E-state index >= 15 is 0 Å². The summed E-state index contributed by atoms with van der Waals surface area (Å²) in [6.45, 7) is 0. The molecule has 0 atom stereocenters. The van der Waals surface area contributed by atoms with Gasteiger partial charge in [0.2, 0.25) is 0 Å². The van der Waals surface area contributed by atoms with Crippen LogP contribution in [-0.2, 0) is 11.8 Å². The van der Waals surface area contributed by atoms with E-state index in [0.717, 1.165) is 15.4 Å². The van der Waals surface area contributed by atoms with Crippen LogP contribution in [0.2, 0.25) is 0 Å². The third-order valence-corrected chi connectivity index (χ3v) is 5.57. The lowest BCUT2D eigenvalue weighted by atomic mass is 10.2. The number of para-hydroxylation sites is 2. The second kappa shape index (κ2) is 9.11. The Labute approximate surface area is 192 Å². The fraction of sp³-hybridized carbons (Fsp3) is 0.0400. The first-order valence-electron chi connectivity index (χ1n) is 9.75. The number of aromatic nitrogens is 1. The standard InChI is InChI=1S/C25H19BrN2O4/c1-28-21-8-4-2-6-17(21)15-22(28)24(29)27-20(25(30)31)14-16-10-12-18(13-11-16)32-23-9-5-3-7-19(23)26/h2-15H,1H3,(H,27,29)(H,30,31). The number of hydrogen-bond acceptors (Lipinski definition) is 3. The number of hydrogen-bond donors (Lipinski definition) is 2. The Hall–Kier alpha value is -3.84.